The van der Waals surface area contributed by atoms with Crippen LogP contribution in [0.3, 0.4) is 0 Å². The van der Waals surface area contributed by atoms with Crippen LogP contribution in [0.25, 0.3) is 16.7 Å². The van der Waals surface area contributed by atoms with Crippen molar-refractivity contribution < 1.29 is 0 Å². The zero-order valence-electron chi connectivity index (χ0n) is 13.5. The minimum Gasteiger partial charge on any atom is -0.298 e. The molecule has 4 nitrogen and oxygen atoms in total. The Labute approximate surface area is 131 Å². The molecule has 3 rings (SSSR count). The van der Waals surface area contributed by atoms with Crippen molar-refractivity contribution >= 4 is 11.0 Å². The van der Waals surface area contributed by atoms with Crippen molar-refractivity contribution in [2.75, 3.05) is 13.1 Å². The van der Waals surface area contributed by atoms with Crippen LogP contribution < -0.4 is 0 Å². The second-order valence-electron chi connectivity index (χ2n) is 5.53. The Morgan fingerprint density at radius 3 is 2.45 bits per heavy atom. The average Bonchev–Trinajstić information content (AvgIpc) is 2.92. The van der Waals surface area contributed by atoms with Crippen molar-refractivity contribution in [1.82, 2.24) is 19.7 Å². The summed E-state index contributed by atoms with van der Waals surface area (Å²) in [5.41, 5.74) is 4.32. The van der Waals surface area contributed by atoms with Gasteiger partial charge in [-0.3, -0.25) is 4.90 Å². The van der Waals surface area contributed by atoms with Crippen LogP contribution in [0.4, 0.5) is 0 Å². The van der Waals surface area contributed by atoms with Crippen molar-refractivity contribution in [2.45, 2.75) is 27.3 Å². The third-order valence-corrected chi connectivity index (χ3v) is 4.07. The molecule has 0 bridgehead atoms. The molecule has 2 heterocycles. The van der Waals surface area contributed by atoms with Crippen LogP contribution in [-0.4, -0.2) is 32.8 Å². The molecule has 4 heteroatoms. The number of fused-ring (bicyclic) bond motifs is 1. The fourth-order valence-electron chi connectivity index (χ4n) is 2.65. The van der Waals surface area contributed by atoms with E-state index >= 15 is 0 Å². The van der Waals surface area contributed by atoms with Gasteiger partial charge < -0.3 is 0 Å². The quantitative estimate of drug-likeness (QED) is 0.721. The van der Waals surface area contributed by atoms with Gasteiger partial charge in [0.15, 0.2) is 5.65 Å². The largest absolute Gasteiger partial charge is 0.298 e. The summed E-state index contributed by atoms with van der Waals surface area (Å²) in [6.45, 7) is 9.36. The monoisotopic (exact) mass is 294 g/mol. The van der Waals surface area contributed by atoms with E-state index in [0.29, 0.717) is 0 Å². The lowest BCUT2D eigenvalue weighted by Crippen LogP contribution is -2.22. The molecule has 2 aromatic heterocycles. The maximum absolute atomic E-state index is 4.84. The Balaban J connectivity index is 2.09. The van der Waals surface area contributed by atoms with Gasteiger partial charge in [0.2, 0.25) is 0 Å². The molecular formula is C18H22N4. The fraction of sp³-hybridized carbons (Fsp3) is 0.333. The van der Waals surface area contributed by atoms with Crippen molar-refractivity contribution in [3.63, 3.8) is 0 Å². The van der Waals surface area contributed by atoms with E-state index < -0.39 is 0 Å². The Kier molecular flexibility index (Phi) is 4.20. The molecule has 3 aromatic rings. The third kappa shape index (κ3) is 2.74. The van der Waals surface area contributed by atoms with Gasteiger partial charge in [-0.25, -0.2) is 9.67 Å². The molecule has 0 radical (unpaired) electrons. The lowest BCUT2D eigenvalue weighted by molar-refractivity contribution is 0.292. The van der Waals surface area contributed by atoms with Gasteiger partial charge in [-0.15, -0.1) is 0 Å². The number of pyridine rings is 1. The zero-order chi connectivity index (χ0) is 15.5. The first-order chi connectivity index (χ1) is 10.7. The van der Waals surface area contributed by atoms with Crippen LogP contribution in [0.2, 0.25) is 0 Å². The van der Waals surface area contributed by atoms with Crippen molar-refractivity contribution in [3.05, 3.63) is 53.9 Å². The number of aromatic nitrogens is 3. The maximum atomic E-state index is 4.84. The van der Waals surface area contributed by atoms with Gasteiger partial charge in [-0.05, 0) is 44.3 Å². The van der Waals surface area contributed by atoms with E-state index in [4.69, 9.17) is 5.10 Å². The maximum Gasteiger partial charge on any atom is 0.163 e. The minimum atomic E-state index is 0.855. The van der Waals surface area contributed by atoms with Crippen molar-refractivity contribution in [3.8, 4) is 5.69 Å². The summed E-state index contributed by atoms with van der Waals surface area (Å²) in [4.78, 5) is 6.91. The van der Waals surface area contributed by atoms with E-state index in [-0.39, 0.29) is 0 Å². The lowest BCUT2D eigenvalue weighted by atomic mass is 10.2. The van der Waals surface area contributed by atoms with Crippen LogP contribution in [-0.2, 0) is 6.54 Å². The summed E-state index contributed by atoms with van der Waals surface area (Å²) < 4.78 is 1.95. The van der Waals surface area contributed by atoms with E-state index in [2.05, 4.69) is 61.0 Å². The van der Waals surface area contributed by atoms with Crippen molar-refractivity contribution in [1.29, 1.82) is 0 Å². The highest BCUT2D eigenvalue weighted by Crippen LogP contribution is 2.21. The summed E-state index contributed by atoms with van der Waals surface area (Å²) >= 11 is 0. The summed E-state index contributed by atoms with van der Waals surface area (Å²) in [6.07, 6.45) is 1.83. The molecule has 114 valence electrons. The second-order valence-corrected chi connectivity index (χ2v) is 5.53. The summed E-state index contributed by atoms with van der Waals surface area (Å²) in [5, 5.41) is 5.97. The predicted molar refractivity (Wildman–Crippen MR) is 90.2 cm³/mol. The first-order valence-electron chi connectivity index (χ1n) is 7.85. The molecule has 0 amide bonds. The topological polar surface area (TPSA) is 34.0 Å². The Bertz CT molecular complexity index is 754. The van der Waals surface area contributed by atoms with Gasteiger partial charge in [0.1, 0.15) is 0 Å². The standard InChI is InChI=1S/C18H22N4/c1-4-21(5-2)13-17-16-7-6-12-19-18(16)22(20-17)15-10-8-14(3)9-11-15/h6-12H,4-5,13H2,1-3H3. The molecule has 0 unspecified atom stereocenters. The highest BCUT2D eigenvalue weighted by Gasteiger charge is 2.14. The number of hydrogen-bond donors (Lipinski definition) is 0. The van der Waals surface area contributed by atoms with E-state index in [1.165, 1.54) is 5.56 Å². The number of hydrogen-bond acceptors (Lipinski definition) is 3. The average molecular weight is 294 g/mol. The molecule has 0 aliphatic carbocycles. The predicted octanol–water partition coefficient (Wildman–Crippen LogP) is 3.57. The number of nitrogens with zero attached hydrogens (tertiary/aromatic N) is 4. The molecule has 0 fully saturated rings. The second kappa shape index (κ2) is 6.28. The zero-order valence-corrected chi connectivity index (χ0v) is 13.5. The first kappa shape index (κ1) is 14.7. The highest BCUT2D eigenvalue weighted by molar-refractivity contribution is 5.79. The summed E-state index contributed by atoms with van der Waals surface area (Å²) in [6, 6.07) is 12.5. The summed E-state index contributed by atoms with van der Waals surface area (Å²) in [5.74, 6) is 0. The fourth-order valence-corrected chi connectivity index (χ4v) is 2.65. The molecule has 0 spiro atoms. The van der Waals surface area contributed by atoms with Gasteiger partial charge in [-0.1, -0.05) is 31.5 Å². The van der Waals surface area contributed by atoms with Crippen LogP contribution in [0.1, 0.15) is 25.1 Å². The molecule has 1 aromatic carbocycles. The molecule has 0 atom stereocenters. The SMILES string of the molecule is CCN(CC)Cc1nn(-c2ccc(C)cc2)c2ncccc12. The van der Waals surface area contributed by atoms with E-state index in [0.717, 1.165) is 42.0 Å². The lowest BCUT2D eigenvalue weighted by Gasteiger charge is -2.16. The first-order valence-corrected chi connectivity index (χ1v) is 7.85. The van der Waals surface area contributed by atoms with E-state index in [1.54, 1.807) is 0 Å². The van der Waals surface area contributed by atoms with Crippen LogP contribution in [0.5, 0.6) is 0 Å². The molecule has 0 aliphatic heterocycles. The Morgan fingerprint density at radius 2 is 1.77 bits per heavy atom. The Hall–Kier alpha value is -2.20. The Morgan fingerprint density at radius 1 is 1.05 bits per heavy atom. The van der Waals surface area contributed by atoms with Crippen molar-refractivity contribution in [2.24, 2.45) is 0 Å². The van der Waals surface area contributed by atoms with Gasteiger partial charge in [-0.2, -0.15) is 5.10 Å². The number of rotatable bonds is 5. The molecule has 0 aliphatic rings. The highest BCUT2D eigenvalue weighted by atomic mass is 15.3. The number of aryl methyl sites for hydroxylation is 1. The molecule has 0 N–H and O–H groups in total. The summed E-state index contributed by atoms with van der Waals surface area (Å²) in [7, 11) is 0. The smallest absolute Gasteiger partial charge is 0.163 e. The van der Waals surface area contributed by atoms with Gasteiger partial charge in [0.05, 0.1) is 11.4 Å². The van der Waals surface area contributed by atoms with Crippen LogP contribution in [0.15, 0.2) is 42.6 Å². The van der Waals surface area contributed by atoms with Crippen LogP contribution >= 0.6 is 0 Å². The normalized spacial score (nSPS) is 11.5. The minimum absolute atomic E-state index is 0.855. The third-order valence-electron chi connectivity index (χ3n) is 4.07. The molecule has 22 heavy (non-hydrogen) atoms. The van der Waals surface area contributed by atoms with Crippen LogP contribution in [0, 0.1) is 6.92 Å². The van der Waals surface area contributed by atoms with E-state index in [9.17, 15) is 0 Å². The van der Waals surface area contributed by atoms with Gasteiger partial charge >= 0.3 is 0 Å². The molecular weight excluding hydrogens is 272 g/mol. The van der Waals surface area contributed by atoms with E-state index in [1.807, 2.05) is 16.9 Å². The molecule has 0 saturated heterocycles. The van der Waals surface area contributed by atoms with Gasteiger partial charge in [0.25, 0.3) is 0 Å². The molecule has 0 saturated carbocycles. The number of benzene rings is 1. The van der Waals surface area contributed by atoms with Gasteiger partial charge in [0, 0.05) is 18.1 Å².